The van der Waals surface area contributed by atoms with Gasteiger partial charge in [-0.3, -0.25) is 4.98 Å². The van der Waals surface area contributed by atoms with Crippen molar-refractivity contribution in [2.45, 2.75) is 33.4 Å². The van der Waals surface area contributed by atoms with Gasteiger partial charge in [-0.05, 0) is 32.5 Å². The third-order valence-corrected chi connectivity index (χ3v) is 4.32. The van der Waals surface area contributed by atoms with Crippen LogP contribution in [0.3, 0.4) is 0 Å². The zero-order valence-electron chi connectivity index (χ0n) is 12.6. The van der Waals surface area contributed by atoms with Crippen LogP contribution in [-0.4, -0.2) is 24.1 Å². The van der Waals surface area contributed by atoms with Crippen LogP contribution in [0.25, 0.3) is 0 Å². The first kappa shape index (κ1) is 14.9. The van der Waals surface area contributed by atoms with Gasteiger partial charge in [0.25, 0.3) is 0 Å². The highest BCUT2D eigenvalue weighted by atomic mass is 32.1. The Hall–Kier alpha value is -1.46. The van der Waals surface area contributed by atoms with Crippen molar-refractivity contribution in [3.8, 4) is 0 Å². The van der Waals surface area contributed by atoms with Crippen molar-refractivity contribution < 1.29 is 0 Å². The van der Waals surface area contributed by atoms with E-state index >= 15 is 0 Å². The van der Waals surface area contributed by atoms with Crippen LogP contribution in [0.5, 0.6) is 0 Å². The van der Waals surface area contributed by atoms with Crippen LogP contribution in [0, 0.1) is 6.92 Å². The van der Waals surface area contributed by atoms with E-state index in [1.807, 2.05) is 20.0 Å². The van der Waals surface area contributed by atoms with Crippen molar-refractivity contribution in [3.05, 3.63) is 40.2 Å². The number of anilines is 1. The standard InChI is InChI=1S/C15H22N4S/c1-5-13-14(9-16-3)20-15(18-13)19(4)10-12-8-6-7-11(2)17-12/h6-8,16H,5,9-10H2,1-4H3. The molecule has 2 aromatic heterocycles. The predicted octanol–water partition coefficient (Wildman–Crippen LogP) is 2.76. The summed E-state index contributed by atoms with van der Waals surface area (Å²) in [5, 5.41) is 4.27. The highest BCUT2D eigenvalue weighted by Crippen LogP contribution is 2.26. The molecular weight excluding hydrogens is 268 g/mol. The van der Waals surface area contributed by atoms with Crippen molar-refractivity contribution in [1.29, 1.82) is 0 Å². The second kappa shape index (κ2) is 6.81. The Balaban J connectivity index is 2.14. The molecule has 5 heteroatoms. The molecule has 1 N–H and O–H groups in total. The first-order valence-corrected chi connectivity index (χ1v) is 7.72. The molecule has 0 unspecified atom stereocenters. The topological polar surface area (TPSA) is 41.1 Å². The Morgan fingerprint density at radius 1 is 1.30 bits per heavy atom. The van der Waals surface area contributed by atoms with Gasteiger partial charge in [-0.15, -0.1) is 11.3 Å². The van der Waals surface area contributed by atoms with E-state index in [-0.39, 0.29) is 0 Å². The van der Waals surface area contributed by atoms with Gasteiger partial charge in [0.05, 0.1) is 17.9 Å². The Morgan fingerprint density at radius 2 is 2.10 bits per heavy atom. The van der Waals surface area contributed by atoms with Gasteiger partial charge < -0.3 is 10.2 Å². The predicted molar refractivity (Wildman–Crippen MR) is 85.3 cm³/mol. The number of pyridine rings is 1. The number of hydrogen-bond acceptors (Lipinski definition) is 5. The minimum absolute atomic E-state index is 0.789. The molecule has 0 aliphatic rings. The summed E-state index contributed by atoms with van der Waals surface area (Å²) < 4.78 is 0. The fourth-order valence-electron chi connectivity index (χ4n) is 2.11. The number of rotatable bonds is 6. The van der Waals surface area contributed by atoms with Crippen LogP contribution in [0.2, 0.25) is 0 Å². The van der Waals surface area contributed by atoms with Gasteiger partial charge in [0.1, 0.15) is 0 Å². The lowest BCUT2D eigenvalue weighted by Gasteiger charge is -2.15. The Morgan fingerprint density at radius 3 is 2.75 bits per heavy atom. The van der Waals surface area contributed by atoms with Crippen molar-refractivity contribution in [1.82, 2.24) is 15.3 Å². The number of hydrogen-bond donors (Lipinski definition) is 1. The van der Waals surface area contributed by atoms with Gasteiger partial charge in [0.2, 0.25) is 0 Å². The highest BCUT2D eigenvalue weighted by Gasteiger charge is 2.13. The molecule has 4 nitrogen and oxygen atoms in total. The summed E-state index contributed by atoms with van der Waals surface area (Å²) in [6.45, 7) is 5.85. The van der Waals surface area contributed by atoms with Crippen LogP contribution in [0.1, 0.15) is 28.9 Å². The summed E-state index contributed by atoms with van der Waals surface area (Å²) in [6, 6.07) is 6.14. The third-order valence-electron chi connectivity index (χ3n) is 3.11. The van der Waals surface area contributed by atoms with Crippen molar-refractivity contribution in [2.75, 3.05) is 19.0 Å². The van der Waals surface area contributed by atoms with Crippen LogP contribution < -0.4 is 10.2 Å². The molecule has 0 atom stereocenters. The van der Waals surface area contributed by atoms with Gasteiger partial charge in [-0.25, -0.2) is 4.98 Å². The van der Waals surface area contributed by atoms with E-state index in [1.165, 1.54) is 10.6 Å². The lowest BCUT2D eigenvalue weighted by Crippen LogP contribution is -2.17. The molecular formula is C15H22N4S. The molecule has 20 heavy (non-hydrogen) atoms. The van der Waals surface area contributed by atoms with E-state index in [4.69, 9.17) is 4.98 Å². The monoisotopic (exact) mass is 290 g/mol. The van der Waals surface area contributed by atoms with E-state index in [0.29, 0.717) is 0 Å². The molecule has 0 radical (unpaired) electrons. The summed E-state index contributed by atoms with van der Waals surface area (Å²) in [5.41, 5.74) is 3.33. The zero-order chi connectivity index (χ0) is 14.5. The van der Waals surface area contributed by atoms with Crippen LogP contribution >= 0.6 is 11.3 Å². The van der Waals surface area contributed by atoms with Crippen LogP contribution in [0.15, 0.2) is 18.2 Å². The maximum absolute atomic E-state index is 4.74. The summed E-state index contributed by atoms with van der Waals surface area (Å²) in [5.74, 6) is 0. The van der Waals surface area contributed by atoms with E-state index in [0.717, 1.165) is 36.0 Å². The van der Waals surface area contributed by atoms with Crippen molar-refractivity contribution in [3.63, 3.8) is 0 Å². The molecule has 0 spiro atoms. The summed E-state index contributed by atoms with van der Waals surface area (Å²) in [4.78, 5) is 12.8. The first-order chi connectivity index (χ1) is 9.63. The Bertz CT molecular complexity index is 565. The van der Waals surface area contributed by atoms with Gasteiger partial charge in [-0.1, -0.05) is 13.0 Å². The summed E-state index contributed by atoms with van der Waals surface area (Å²) in [6.07, 6.45) is 0.976. The zero-order valence-corrected chi connectivity index (χ0v) is 13.4. The average molecular weight is 290 g/mol. The largest absolute Gasteiger partial charge is 0.345 e. The molecule has 0 aliphatic heterocycles. The number of aryl methyl sites for hydroxylation is 2. The molecule has 0 aromatic carbocycles. The molecule has 2 heterocycles. The van der Waals surface area contributed by atoms with E-state index < -0.39 is 0 Å². The average Bonchev–Trinajstić information content (AvgIpc) is 2.82. The lowest BCUT2D eigenvalue weighted by atomic mass is 10.3. The molecule has 0 saturated heterocycles. The minimum atomic E-state index is 0.789. The van der Waals surface area contributed by atoms with E-state index in [1.54, 1.807) is 11.3 Å². The normalized spacial score (nSPS) is 10.8. The molecule has 0 bridgehead atoms. The summed E-state index contributed by atoms with van der Waals surface area (Å²) in [7, 11) is 4.05. The number of nitrogens with zero attached hydrogens (tertiary/aromatic N) is 3. The molecule has 108 valence electrons. The number of aromatic nitrogens is 2. The number of nitrogens with one attached hydrogen (secondary N) is 1. The number of thiazole rings is 1. The lowest BCUT2D eigenvalue weighted by molar-refractivity contribution is 0.812. The second-order valence-corrected chi connectivity index (χ2v) is 5.94. The van der Waals surface area contributed by atoms with Gasteiger partial charge >= 0.3 is 0 Å². The molecule has 2 rings (SSSR count). The molecule has 0 fully saturated rings. The minimum Gasteiger partial charge on any atom is -0.345 e. The quantitative estimate of drug-likeness (QED) is 0.888. The van der Waals surface area contributed by atoms with Crippen LogP contribution in [-0.2, 0) is 19.5 Å². The molecule has 0 amide bonds. The van der Waals surface area contributed by atoms with Crippen LogP contribution in [0.4, 0.5) is 5.13 Å². The molecule has 2 aromatic rings. The first-order valence-electron chi connectivity index (χ1n) is 6.91. The van der Waals surface area contributed by atoms with E-state index in [2.05, 4.69) is 41.3 Å². The smallest absolute Gasteiger partial charge is 0.185 e. The molecule has 0 aliphatic carbocycles. The van der Waals surface area contributed by atoms with Gasteiger partial charge in [-0.2, -0.15) is 0 Å². The maximum Gasteiger partial charge on any atom is 0.185 e. The summed E-state index contributed by atoms with van der Waals surface area (Å²) >= 11 is 1.76. The maximum atomic E-state index is 4.74. The fourth-order valence-corrected chi connectivity index (χ4v) is 3.23. The van der Waals surface area contributed by atoms with Crippen molar-refractivity contribution in [2.24, 2.45) is 0 Å². The SMILES string of the molecule is CCc1nc(N(C)Cc2cccc(C)n2)sc1CNC. The Labute approximate surface area is 124 Å². The fraction of sp³-hybridized carbons (Fsp3) is 0.467. The van der Waals surface area contributed by atoms with Gasteiger partial charge in [0.15, 0.2) is 5.13 Å². The molecule has 0 saturated carbocycles. The highest BCUT2D eigenvalue weighted by molar-refractivity contribution is 7.15. The third kappa shape index (κ3) is 3.55. The Kier molecular flexibility index (Phi) is 5.09. The second-order valence-electron chi connectivity index (χ2n) is 4.88. The van der Waals surface area contributed by atoms with Crippen molar-refractivity contribution >= 4 is 16.5 Å². The van der Waals surface area contributed by atoms with Gasteiger partial charge in [0, 0.05) is 24.2 Å². The van der Waals surface area contributed by atoms with E-state index in [9.17, 15) is 0 Å².